The van der Waals surface area contributed by atoms with Crippen LogP contribution in [-0.2, 0) is 11.2 Å². The van der Waals surface area contributed by atoms with E-state index in [1.54, 1.807) is 6.08 Å². The number of nitrogens with one attached hydrogen (secondary N) is 1. The van der Waals surface area contributed by atoms with Gasteiger partial charge in [-0.2, -0.15) is 0 Å². The largest absolute Gasteiger partial charge is 0.491 e. The van der Waals surface area contributed by atoms with Gasteiger partial charge in [-0.25, -0.2) is 4.79 Å². The SMILES string of the molecule is C=CCc1ccccc1OCC(O)CN1C(=O)NC2(C1=O)C(C)CCCC2C. The number of β-amino-alcohol motifs (C(OH)–C–C–N with tert-alkyl or cyclic N) is 1. The lowest BCUT2D eigenvalue weighted by Gasteiger charge is -2.42. The monoisotopic (exact) mass is 386 g/mol. The number of aliphatic hydroxyl groups excluding tert-OH is 1. The van der Waals surface area contributed by atoms with Crippen molar-refractivity contribution in [3.05, 3.63) is 42.5 Å². The summed E-state index contributed by atoms with van der Waals surface area (Å²) in [6, 6.07) is 7.13. The molecule has 1 spiro atoms. The third-order valence-electron chi connectivity index (χ3n) is 6.15. The van der Waals surface area contributed by atoms with Crippen molar-refractivity contribution < 1.29 is 19.4 Å². The Morgan fingerprint density at radius 1 is 1.32 bits per heavy atom. The average Bonchev–Trinajstić information content (AvgIpc) is 2.91. The van der Waals surface area contributed by atoms with Crippen LogP contribution in [0.25, 0.3) is 0 Å². The molecule has 0 aromatic heterocycles. The number of carbonyl (C=O) groups is 2. The second-order valence-corrected chi connectivity index (χ2v) is 8.01. The van der Waals surface area contributed by atoms with Crippen LogP contribution >= 0.6 is 0 Å². The van der Waals surface area contributed by atoms with E-state index >= 15 is 0 Å². The van der Waals surface area contributed by atoms with Crippen molar-refractivity contribution in [1.82, 2.24) is 10.2 Å². The Balaban J connectivity index is 1.64. The van der Waals surface area contributed by atoms with Crippen molar-refractivity contribution >= 4 is 11.9 Å². The van der Waals surface area contributed by atoms with E-state index in [-0.39, 0.29) is 30.9 Å². The highest BCUT2D eigenvalue weighted by Gasteiger charge is 2.58. The summed E-state index contributed by atoms with van der Waals surface area (Å²) >= 11 is 0. The third-order valence-corrected chi connectivity index (χ3v) is 6.15. The maximum Gasteiger partial charge on any atom is 0.325 e. The molecule has 1 aliphatic carbocycles. The Morgan fingerprint density at radius 2 is 2.00 bits per heavy atom. The molecule has 3 amide bonds. The Morgan fingerprint density at radius 3 is 2.68 bits per heavy atom. The lowest BCUT2D eigenvalue weighted by molar-refractivity contribution is -0.137. The number of ether oxygens (including phenoxy) is 1. The lowest BCUT2D eigenvalue weighted by Crippen LogP contribution is -2.59. The molecule has 3 atom stereocenters. The molecule has 3 unspecified atom stereocenters. The summed E-state index contributed by atoms with van der Waals surface area (Å²) in [6.45, 7) is 7.71. The highest BCUT2D eigenvalue weighted by Crippen LogP contribution is 2.42. The van der Waals surface area contributed by atoms with Crippen molar-refractivity contribution in [3.8, 4) is 5.75 Å². The Bertz CT molecular complexity index is 738. The van der Waals surface area contributed by atoms with E-state index in [2.05, 4.69) is 11.9 Å². The number of para-hydroxylation sites is 1. The van der Waals surface area contributed by atoms with Gasteiger partial charge in [0.05, 0.1) is 6.54 Å². The molecular weight excluding hydrogens is 356 g/mol. The van der Waals surface area contributed by atoms with E-state index in [1.165, 1.54) is 0 Å². The van der Waals surface area contributed by atoms with E-state index in [1.807, 2.05) is 38.1 Å². The molecule has 28 heavy (non-hydrogen) atoms. The van der Waals surface area contributed by atoms with Gasteiger partial charge in [-0.1, -0.05) is 44.5 Å². The molecule has 1 heterocycles. The van der Waals surface area contributed by atoms with Crippen LogP contribution in [0.4, 0.5) is 4.79 Å². The first-order chi connectivity index (χ1) is 13.4. The Labute approximate surface area is 166 Å². The molecule has 0 bridgehead atoms. The summed E-state index contributed by atoms with van der Waals surface area (Å²) < 4.78 is 5.74. The molecule has 1 aliphatic heterocycles. The predicted molar refractivity (Wildman–Crippen MR) is 107 cm³/mol. The molecule has 1 saturated carbocycles. The summed E-state index contributed by atoms with van der Waals surface area (Å²) in [5.74, 6) is 0.613. The van der Waals surface area contributed by atoms with Crippen LogP contribution in [0.1, 0.15) is 38.7 Å². The minimum absolute atomic E-state index is 0.00330. The Hall–Kier alpha value is -2.34. The van der Waals surface area contributed by atoms with Crippen LogP contribution in [0.5, 0.6) is 5.75 Å². The van der Waals surface area contributed by atoms with Crippen molar-refractivity contribution in [3.63, 3.8) is 0 Å². The number of imide groups is 1. The number of hydrogen-bond donors (Lipinski definition) is 2. The summed E-state index contributed by atoms with van der Waals surface area (Å²) in [6.07, 6.45) is 4.38. The molecule has 1 saturated heterocycles. The minimum Gasteiger partial charge on any atom is -0.491 e. The summed E-state index contributed by atoms with van der Waals surface area (Å²) in [4.78, 5) is 26.8. The second kappa shape index (κ2) is 8.35. The topological polar surface area (TPSA) is 78.9 Å². The maximum absolute atomic E-state index is 13.1. The van der Waals surface area contributed by atoms with Gasteiger partial charge in [0.1, 0.15) is 24.0 Å². The normalized spacial score (nSPS) is 28.3. The molecule has 2 N–H and O–H groups in total. The molecule has 2 aliphatic rings. The highest BCUT2D eigenvalue weighted by atomic mass is 16.5. The first kappa shape index (κ1) is 20.4. The molecule has 2 fully saturated rings. The quantitative estimate of drug-likeness (QED) is 0.558. The van der Waals surface area contributed by atoms with Crippen molar-refractivity contribution in [2.45, 2.75) is 51.2 Å². The second-order valence-electron chi connectivity index (χ2n) is 8.01. The molecule has 1 aromatic rings. The van der Waals surface area contributed by atoms with Gasteiger partial charge in [0, 0.05) is 0 Å². The number of amides is 3. The molecule has 3 rings (SSSR count). The number of aliphatic hydroxyl groups is 1. The molecular formula is C22H30N2O4. The molecule has 6 heteroatoms. The fourth-order valence-electron chi connectivity index (χ4n) is 4.54. The van der Waals surface area contributed by atoms with E-state index in [4.69, 9.17) is 4.74 Å². The van der Waals surface area contributed by atoms with Gasteiger partial charge in [-0.05, 0) is 42.7 Å². The van der Waals surface area contributed by atoms with E-state index in [9.17, 15) is 14.7 Å². The van der Waals surface area contributed by atoms with E-state index < -0.39 is 17.7 Å². The zero-order valence-corrected chi connectivity index (χ0v) is 16.7. The van der Waals surface area contributed by atoms with Gasteiger partial charge in [0.25, 0.3) is 5.91 Å². The molecule has 0 radical (unpaired) electrons. The number of rotatable bonds is 7. The van der Waals surface area contributed by atoms with Gasteiger partial charge in [-0.3, -0.25) is 9.69 Å². The lowest BCUT2D eigenvalue weighted by atomic mass is 9.67. The fourth-order valence-corrected chi connectivity index (χ4v) is 4.54. The molecule has 6 nitrogen and oxygen atoms in total. The number of allylic oxidation sites excluding steroid dienone is 1. The van der Waals surface area contributed by atoms with Crippen molar-refractivity contribution in [1.29, 1.82) is 0 Å². The van der Waals surface area contributed by atoms with Gasteiger partial charge in [0.15, 0.2) is 0 Å². The first-order valence-corrected chi connectivity index (χ1v) is 10.0. The number of nitrogens with zero attached hydrogens (tertiary/aromatic N) is 1. The van der Waals surface area contributed by atoms with Gasteiger partial charge < -0.3 is 15.2 Å². The zero-order valence-electron chi connectivity index (χ0n) is 16.7. The first-order valence-electron chi connectivity index (χ1n) is 10.0. The van der Waals surface area contributed by atoms with Crippen molar-refractivity contribution in [2.24, 2.45) is 11.8 Å². The van der Waals surface area contributed by atoms with E-state index in [0.29, 0.717) is 12.2 Å². The predicted octanol–water partition coefficient (Wildman–Crippen LogP) is 2.90. The zero-order chi connectivity index (χ0) is 20.3. The van der Waals surface area contributed by atoms with Crippen LogP contribution in [-0.4, -0.2) is 46.7 Å². The smallest absolute Gasteiger partial charge is 0.325 e. The van der Waals surface area contributed by atoms with Gasteiger partial charge >= 0.3 is 6.03 Å². The minimum atomic E-state index is -0.962. The summed E-state index contributed by atoms with van der Waals surface area (Å²) in [5, 5.41) is 13.4. The number of carbonyl (C=O) groups excluding carboxylic acids is 2. The average molecular weight is 386 g/mol. The van der Waals surface area contributed by atoms with Crippen LogP contribution in [0.15, 0.2) is 36.9 Å². The number of urea groups is 1. The van der Waals surface area contributed by atoms with Gasteiger partial charge in [0.2, 0.25) is 0 Å². The van der Waals surface area contributed by atoms with Crippen LogP contribution in [0.3, 0.4) is 0 Å². The van der Waals surface area contributed by atoms with Crippen LogP contribution in [0, 0.1) is 11.8 Å². The summed E-state index contributed by atoms with van der Waals surface area (Å²) in [7, 11) is 0. The van der Waals surface area contributed by atoms with Crippen LogP contribution < -0.4 is 10.1 Å². The standard InChI is InChI=1S/C22H30N2O4/c1-4-8-17-11-5-6-12-19(17)28-14-18(25)13-24-20(26)22(23-21(24)27)15(2)9-7-10-16(22)3/h4-6,11-12,15-16,18,25H,1,7-10,13-14H2,2-3H3,(H,23,27). The molecule has 1 aromatic carbocycles. The van der Waals surface area contributed by atoms with Crippen LogP contribution in [0.2, 0.25) is 0 Å². The summed E-state index contributed by atoms with van der Waals surface area (Å²) in [5.41, 5.74) is 0.135. The third kappa shape index (κ3) is 3.65. The maximum atomic E-state index is 13.1. The Kier molecular flexibility index (Phi) is 6.08. The number of benzene rings is 1. The van der Waals surface area contributed by atoms with Gasteiger partial charge in [-0.15, -0.1) is 6.58 Å². The fraction of sp³-hybridized carbons (Fsp3) is 0.545. The molecule has 152 valence electrons. The highest BCUT2D eigenvalue weighted by molar-refractivity contribution is 6.07. The van der Waals surface area contributed by atoms with Crippen molar-refractivity contribution in [2.75, 3.05) is 13.2 Å². The number of hydrogen-bond acceptors (Lipinski definition) is 4. The van der Waals surface area contributed by atoms with E-state index in [0.717, 1.165) is 29.7 Å².